The molecule has 2 saturated heterocycles. The molecule has 0 bridgehead atoms. The van der Waals surface area contributed by atoms with Crippen molar-refractivity contribution in [2.45, 2.75) is 63.1 Å². The highest BCUT2D eigenvalue weighted by atomic mass is 16.5. The minimum absolute atomic E-state index is 0.144. The molecule has 2 aromatic rings. The van der Waals surface area contributed by atoms with Gasteiger partial charge in [0.05, 0.1) is 35.5 Å². The Morgan fingerprint density at radius 2 is 2.02 bits per heavy atom. The first kappa shape index (κ1) is 28.0. The average molecular weight is 567 g/mol. The summed E-state index contributed by atoms with van der Waals surface area (Å²) < 4.78 is 6.29. The van der Waals surface area contributed by atoms with Crippen LogP contribution >= 0.6 is 0 Å². The van der Waals surface area contributed by atoms with Gasteiger partial charge in [-0.25, -0.2) is 0 Å². The summed E-state index contributed by atoms with van der Waals surface area (Å²) in [6.45, 7) is 7.81. The molecule has 10 heteroatoms. The van der Waals surface area contributed by atoms with Crippen molar-refractivity contribution < 1.29 is 9.53 Å². The molecular weight excluding hydrogens is 528 g/mol. The van der Waals surface area contributed by atoms with Crippen molar-refractivity contribution in [2.75, 3.05) is 56.2 Å². The van der Waals surface area contributed by atoms with E-state index in [1.165, 1.54) is 18.1 Å². The fourth-order valence-electron chi connectivity index (χ4n) is 7.18. The van der Waals surface area contributed by atoms with Crippen molar-refractivity contribution in [2.24, 2.45) is 0 Å². The second kappa shape index (κ2) is 12.0. The summed E-state index contributed by atoms with van der Waals surface area (Å²) in [5.41, 5.74) is 5.17. The van der Waals surface area contributed by atoms with Crippen LogP contribution in [-0.4, -0.2) is 90.2 Å². The third kappa shape index (κ3) is 5.28. The Balaban J connectivity index is 1.30. The quantitative estimate of drug-likeness (QED) is 0.467. The second-order valence-corrected chi connectivity index (χ2v) is 11.8. The minimum atomic E-state index is -0.238. The molecule has 0 saturated carbocycles. The molecule has 2 fully saturated rings. The molecule has 1 aliphatic carbocycles. The summed E-state index contributed by atoms with van der Waals surface area (Å²) in [5.74, 6) is 0.719. The van der Waals surface area contributed by atoms with Gasteiger partial charge < -0.3 is 24.3 Å². The fourth-order valence-corrected chi connectivity index (χ4v) is 7.18. The molecule has 0 spiro atoms. The molecule has 3 aliphatic heterocycles. The molecule has 3 atom stereocenters. The number of anilines is 2. The topological polar surface area (TPSA) is 113 Å². The van der Waals surface area contributed by atoms with Gasteiger partial charge in [-0.2, -0.15) is 20.5 Å². The van der Waals surface area contributed by atoms with Crippen LogP contribution in [0.3, 0.4) is 0 Å². The van der Waals surface area contributed by atoms with E-state index in [4.69, 9.17) is 14.7 Å². The van der Waals surface area contributed by atoms with E-state index >= 15 is 0 Å². The first-order valence-electron chi connectivity index (χ1n) is 15.1. The number of nitriles is 2. The van der Waals surface area contributed by atoms with Gasteiger partial charge in [-0.1, -0.05) is 18.7 Å². The summed E-state index contributed by atoms with van der Waals surface area (Å²) in [5, 5.41) is 19.3. The van der Waals surface area contributed by atoms with Gasteiger partial charge in [0.15, 0.2) is 0 Å². The summed E-state index contributed by atoms with van der Waals surface area (Å²) in [6.07, 6.45) is 7.29. The third-order valence-electron chi connectivity index (χ3n) is 9.44. The first-order chi connectivity index (χ1) is 20.5. The van der Waals surface area contributed by atoms with E-state index in [0.717, 1.165) is 73.5 Å². The summed E-state index contributed by atoms with van der Waals surface area (Å²) in [6, 6.07) is 11.4. The molecular formula is C32H38N8O2. The largest absolute Gasteiger partial charge is 0.462 e. The highest BCUT2D eigenvalue weighted by Gasteiger charge is 2.36. The number of para-hydroxylation sites is 1. The van der Waals surface area contributed by atoms with E-state index < -0.39 is 0 Å². The maximum Gasteiger partial charge on any atom is 0.318 e. The van der Waals surface area contributed by atoms with Crippen molar-refractivity contribution >= 4 is 17.4 Å². The van der Waals surface area contributed by atoms with Crippen molar-refractivity contribution in [3.8, 4) is 18.1 Å². The maximum absolute atomic E-state index is 12.5. The molecule has 6 rings (SSSR count). The molecule has 3 unspecified atom stereocenters. The lowest BCUT2D eigenvalue weighted by Crippen LogP contribution is -2.55. The van der Waals surface area contributed by atoms with E-state index in [9.17, 15) is 15.3 Å². The number of rotatable bonds is 7. The molecule has 0 radical (unpaired) electrons. The van der Waals surface area contributed by atoms with E-state index in [-0.39, 0.29) is 24.4 Å². The van der Waals surface area contributed by atoms with Crippen LogP contribution in [0.25, 0.3) is 0 Å². The van der Waals surface area contributed by atoms with Crippen LogP contribution in [0.4, 0.5) is 11.5 Å². The fraction of sp³-hybridized carbons (Fsp3) is 0.531. The predicted octanol–water partition coefficient (Wildman–Crippen LogP) is 2.86. The van der Waals surface area contributed by atoms with Crippen molar-refractivity contribution in [3.05, 3.63) is 53.2 Å². The number of likely N-dealkylation sites (tertiary alicyclic amines) is 1. The number of aromatic nitrogens is 2. The standard InChI is InChI=1S/C32H38N8O2/c1-3-29(41)39-17-16-38(20-25(39)11-13-33)31-27-10-9-24(40-15-12-22-6-4-7-23(19-34)30(22)40)18-28(27)35-32(36-31)42-21-26-8-5-14-37(26)2/h3-4,6-7,24-26H,1,5,8-12,14-18,20-21H2,2H3. The average Bonchev–Trinajstić information content (AvgIpc) is 3.65. The number of fused-ring (bicyclic) bond motifs is 2. The molecule has 10 nitrogen and oxygen atoms in total. The lowest BCUT2D eigenvalue weighted by molar-refractivity contribution is -0.128. The predicted molar refractivity (Wildman–Crippen MR) is 159 cm³/mol. The van der Waals surface area contributed by atoms with Gasteiger partial charge in [-0.3, -0.25) is 4.79 Å². The second-order valence-electron chi connectivity index (χ2n) is 11.8. The van der Waals surface area contributed by atoms with E-state index in [2.05, 4.69) is 46.5 Å². The van der Waals surface area contributed by atoms with Crippen LogP contribution in [-0.2, 0) is 24.1 Å². The normalized spacial score (nSPS) is 23.6. The highest BCUT2D eigenvalue weighted by Crippen LogP contribution is 2.38. The van der Waals surface area contributed by atoms with Crippen molar-refractivity contribution in [1.29, 1.82) is 10.5 Å². The van der Waals surface area contributed by atoms with Crippen LogP contribution in [0, 0.1) is 22.7 Å². The van der Waals surface area contributed by atoms with E-state index in [1.54, 1.807) is 4.90 Å². The number of benzene rings is 1. The molecule has 1 aromatic heterocycles. The Labute approximate surface area is 247 Å². The van der Waals surface area contributed by atoms with Crippen LogP contribution < -0.4 is 14.5 Å². The lowest BCUT2D eigenvalue weighted by atomic mass is 9.90. The smallest absolute Gasteiger partial charge is 0.318 e. The maximum atomic E-state index is 12.5. The van der Waals surface area contributed by atoms with Gasteiger partial charge in [0.2, 0.25) is 5.91 Å². The number of hydrogen-bond acceptors (Lipinski definition) is 9. The molecule has 0 N–H and O–H groups in total. The van der Waals surface area contributed by atoms with Gasteiger partial charge in [0.1, 0.15) is 18.5 Å². The Bertz CT molecular complexity index is 1450. The van der Waals surface area contributed by atoms with Crippen LogP contribution in [0.5, 0.6) is 6.01 Å². The number of piperazine rings is 1. The Kier molecular flexibility index (Phi) is 7.99. The van der Waals surface area contributed by atoms with Crippen LogP contribution in [0.2, 0.25) is 0 Å². The zero-order valence-corrected chi connectivity index (χ0v) is 24.3. The zero-order chi connectivity index (χ0) is 29.2. The molecule has 4 aliphatic rings. The minimum Gasteiger partial charge on any atom is -0.462 e. The zero-order valence-electron chi connectivity index (χ0n) is 24.3. The first-order valence-corrected chi connectivity index (χ1v) is 15.1. The number of nitrogens with zero attached hydrogens (tertiary/aromatic N) is 8. The Morgan fingerprint density at radius 1 is 1.14 bits per heavy atom. The molecule has 4 heterocycles. The van der Waals surface area contributed by atoms with Gasteiger partial charge in [-0.15, -0.1) is 0 Å². The number of amides is 1. The van der Waals surface area contributed by atoms with E-state index in [0.29, 0.717) is 38.3 Å². The van der Waals surface area contributed by atoms with Crippen molar-refractivity contribution in [1.82, 2.24) is 19.8 Å². The third-order valence-corrected chi connectivity index (χ3v) is 9.44. The summed E-state index contributed by atoms with van der Waals surface area (Å²) >= 11 is 0. The Morgan fingerprint density at radius 3 is 2.79 bits per heavy atom. The van der Waals surface area contributed by atoms with Crippen LogP contribution in [0.1, 0.15) is 48.1 Å². The molecule has 218 valence electrons. The summed E-state index contributed by atoms with van der Waals surface area (Å²) in [7, 11) is 2.13. The van der Waals surface area contributed by atoms with Crippen LogP contribution in [0.15, 0.2) is 30.9 Å². The highest BCUT2D eigenvalue weighted by molar-refractivity contribution is 5.87. The molecule has 42 heavy (non-hydrogen) atoms. The number of carbonyl (C=O) groups is 1. The van der Waals surface area contributed by atoms with Gasteiger partial charge in [-0.05, 0) is 63.4 Å². The number of ether oxygens (including phenoxy) is 1. The number of likely N-dealkylation sites (N-methyl/N-ethyl adjacent to an activating group) is 1. The van der Waals surface area contributed by atoms with Gasteiger partial charge in [0.25, 0.3) is 0 Å². The van der Waals surface area contributed by atoms with E-state index in [1.807, 2.05) is 12.1 Å². The molecule has 1 amide bonds. The SMILES string of the molecule is C=CC(=O)N1CCN(c2nc(OCC3CCCN3C)nc3c2CCC(N2CCc4cccc(C#N)c42)C3)CC1CC#N. The number of carbonyl (C=O) groups excluding carboxylic acids is 1. The number of hydrogen-bond donors (Lipinski definition) is 0. The monoisotopic (exact) mass is 566 g/mol. The molecule has 1 aromatic carbocycles. The lowest BCUT2D eigenvalue weighted by Gasteiger charge is -2.42. The van der Waals surface area contributed by atoms with Gasteiger partial charge in [0, 0.05) is 50.2 Å². The Hall–Kier alpha value is -4.15. The van der Waals surface area contributed by atoms with Gasteiger partial charge >= 0.3 is 6.01 Å². The van der Waals surface area contributed by atoms with Crippen molar-refractivity contribution in [3.63, 3.8) is 0 Å². The summed E-state index contributed by atoms with van der Waals surface area (Å²) in [4.78, 5) is 31.2.